The predicted molar refractivity (Wildman–Crippen MR) is 130 cm³/mol. The van der Waals surface area contributed by atoms with Crippen molar-refractivity contribution in [1.29, 1.82) is 0 Å². The SMILES string of the molecule is CCOc1ccc([C@@H]2NC(=O)NC(CN3CCC(NC(=O)OC(C)(C)C)CC3)=C2C(=O)OC)cc1. The smallest absolute Gasteiger partial charge is 0.407 e. The van der Waals surface area contributed by atoms with Crippen LogP contribution < -0.4 is 20.7 Å². The molecule has 2 aliphatic rings. The molecule has 0 radical (unpaired) electrons. The van der Waals surface area contributed by atoms with Gasteiger partial charge in [-0.1, -0.05) is 12.1 Å². The van der Waals surface area contributed by atoms with Crippen molar-refractivity contribution in [2.75, 3.05) is 33.4 Å². The number of hydrogen-bond acceptors (Lipinski definition) is 7. The normalized spacial score (nSPS) is 19.5. The maximum absolute atomic E-state index is 12.8. The Bertz CT molecular complexity index is 946. The zero-order chi connectivity index (χ0) is 25.6. The first-order chi connectivity index (χ1) is 16.6. The molecule has 0 spiro atoms. The van der Waals surface area contributed by atoms with Crippen molar-refractivity contribution in [1.82, 2.24) is 20.9 Å². The average Bonchev–Trinajstić information content (AvgIpc) is 2.79. The van der Waals surface area contributed by atoms with Crippen molar-refractivity contribution in [2.45, 2.75) is 58.2 Å². The molecular formula is C25H36N4O6. The second kappa shape index (κ2) is 11.4. The Kier molecular flexibility index (Phi) is 8.61. The van der Waals surface area contributed by atoms with E-state index >= 15 is 0 Å². The number of amides is 3. The van der Waals surface area contributed by atoms with E-state index in [0.29, 0.717) is 43.3 Å². The highest BCUT2D eigenvalue weighted by atomic mass is 16.6. The standard InChI is InChI=1S/C25H36N4O6/c1-6-34-18-9-7-16(8-10-18)21-20(22(30)33-5)19(27-23(31)28-21)15-29-13-11-17(12-14-29)26-24(32)35-25(2,3)4/h7-10,17,21H,6,11-15H2,1-5H3,(H,26,32)(H2,27,28,31)/t21-/m0/s1. The van der Waals surface area contributed by atoms with Crippen LogP contribution in [0, 0.1) is 0 Å². The lowest BCUT2D eigenvalue weighted by Crippen LogP contribution is -2.50. The van der Waals surface area contributed by atoms with Gasteiger partial charge in [0, 0.05) is 31.4 Å². The van der Waals surface area contributed by atoms with Crippen molar-refractivity contribution < 1.29 is 28.6 Å². The minimum Gasteiger partial charge on any atom is -0.494 e. The number of benzene rings is 1. The Morgan fingerprint density at radius 1 is 1.14 bits per heavy atom. The topological polar surface area (TPSA) is 118 Å². The third kappa shape index (κ3) is 7.35. The fourth-order valence-electron chi connectivity index (χ4n) is 4.20. The Labute approximate surface area is 206 Å². The van der Waals surface area contributed by atoms with Gasteiger partial charge in [-0.2, -0.15) is 0 Å². The number of carbonyl (C=O) groups excluding carboxylic acids is 3. The molecule has 0 aromatic heterocycles. The highest BCUT2D eigenvalue weighted by Gasteiger charge is 2.34. The summed E-state index contributed by atoms with van der Waals surface area (Å²) >= 11 is 0. The molecule has 1 saturated heterocycles. The number of hydrogen-bond donors (Lipinski definition) is 3. The summed E-state index contributed by atoms with van der Waals surface area (Å²) in [6, 6.07) is 6.26. The molecule has 0 aliphatic carbocycles. The summed E-state index contributed by atoms with van der Waals surface area (Å²) in [6.07, 6.45) is 1.04. The number of urea groups is 1. The van der Waals surface area contributed by atoms with Crippen LogP contribution in [0.3, 0.4) is 0 Å². The van der Waals surface area contributed by atoms with Crippen LogP contribution in [0.5, 0.6) is 5.75 Å². The second-order valence-electron chi connectivity index (χ2n) is 9.61. The number of methoxy groups -OCH3 is 1. The van der Waals surface area contributed by atoms with Gasteiger partial charge in [-0.15, -0.1) is 0 Å². The van der Waals surface area contributed by atoms with Crippen LogP contribution in [0.15, 0.2) is 35.5 Å². The fraction of sp³-hybridized carbons (Fsp3) is 0.560. The average molecular weight is 489 g/mol. The molecule has 3 N–H and O–H groups in total. The van der Waals surface area contributed by atoms with E-state index in [9.17, 15) is 14.4 Å². The van der Waals surface area contributed by atoms with Crippen LogP contribution in [0.25, 0.3) is 0 Å². The minimum atomic E-state index is -0.645. The molecule has 1 aromatic carbocycles. The van der Waals surface area contributed by atoms with Crippen LogP contribution in [0.4, 0.5) is 9.59 Å². The van der Waals surface area contributed by atoms with E-state index in [1.807, 2.05) is 52.0 Å². The van der Waals surface area contributed by atoms with E-state index in [2.05, 4.69) is 20.9 Å². The van der Waals surface area contributed by atoms with Crippen molar-refractivity contribution in [3.8, 4) is 5.75 Å². The van der Waals surface area contributed by atoms with Gasteiger partial charge in [-0.25, -0.2) is 14.4 Å². The summed E-state index contributed by atoms with van der Waals surface area (Å²) in [5.74, 6) is 0.205. The van der Waals surface area contributed by atoms with E-state index in [1.54, 1.807) is 0 Å². The molecule has 1 aromatic rings. The molecule has 2 heterocycles. The van der Waals surface area contributed by atoms with Crippen LogP contribution in [0.2, 0.25) is 0 Å². The molecular weight excluding hydrogens is 452 g/mol. The van der Waals surface area contributed by atoms with Crippen LogP contribution >= 0.6 is 0 Å². The van der Waals surface area contributed by atoms with Gasteiger partial charge in [0.1, 0.15) is 11.4 Å². The first-order valence-corrected chi connectivity index (χ1v) is 11.9. The number of ether oxygens (including phenoxy) is 3. The summed E-state index contributed by atoms with van der Waals surface area (Å²) in [5.41, 5.74) is 1.08. The van der Waals surface area contributed by atoms with Gasteiger partial charge in [0.2, 0.25) is 0 Å². The quantitative estimate of drug-likeness (QED) is 0.505. The van der Waals surface area contributed by atoms with E-state index in [4.69, 9.17) is 14.2 Å². The first kappa shape index (κ1) is 26.3. The molecule has 10 heteroatoms. The molecule has 2 aliphatic heterocycles. The van der Waals surface area contributed by atoms with Gasteiger partial charge in [0.15, 0.2) is 0 Å². The third-order valence-electron chi connectivity index (χ3n) is 5.77. The summed E-state index contributed by atoms with van der Waals surface area (Å²) in [4.78, 5) is 39.5. The van der Waals surface area contributed by atoms with Crippen molar-refractivity contribution in [2.24, 2.45) is 0 Å². The number of rotatable bonds is 7. The molecule has 0 unspecified atom stereocenters. The number of alkyl carbamates (subject to hydrolysis) is 1. The lowest BCUT2D eigenvalue weighted by atomic mass is 9.94. The van der Waals surface area contributed by atoms with Gasteiger partial charge < -0.3 is 30.2 Å². The maximum Gasteiger partial charge on any atom is 0.407 e. The monoisotopic (exact) mass is 488 g/mol. The number of nitrogens with zero attached hydrogens (tertiary/aromatic N) is 1. The fourth-order valence-corrected chi connectivity index (χ4v) is 4.20. The van der Waals surface area contributed by atoms with Gasteiger partial charge in [0.25, 0.3) is 0 Å². The number of likely N-dealkylation sites (tertiary alicyclic amines) is 1. The van der Waals surface area contributed by atoms with Crippen LogP contribution in [0.1, 0.15) is 52.1 Å². The zero-order valence-electron chi connectivity index (χ0n) is 21.1. The summed E-state index contributed by atoms with van der Waals surface area (Å²) in [6.45, 7) is 9.70. The largest absolute Gasteiger partial charge is 0.494 e. The number of carbonyl (C=O) groups is 3. The lowest BCUT2D eigenvalue weighted by molar-refractivity contribution is -0.136. The molecule has 1 fully saturated rings. The molecule has 0 saturated carbocycles. The summed E-state index contributed by atoms with van der Waals surface area (Å²) in [7, 11) is 1.33. The molecule has 0 bridgehead atoms. The van der Waals surface area contributed by atoms with Crippen molar-refractivity contribution in [3.05, 3.63) is 41.1 Å². The van der Waals surface area contributed by atoms with E-state index in [0.717, 1.165) is 18.4 Å². The minimum absolute atomic E-state index is 0.00868. The van der Waals surface area contributed by atoms with Crippen LogP contribution in [-0.2, 0) is 14.3 Å². The molecule has 1 atom stereocenters. The number of piperidine rings is 1. The number of nitrogens with one attached hydrogen (secondary N) is 3. The van der Waals surface area contributed by atoms with Gasteiger partial charge >= 0.3 is 18.1 Å². The van der Waals surface area contributed by atoms with Gasteiger partial charge in [-0.05, 0) is 58.2 Å². The molecule has 3 rings (SSSR count). The van der Waals surface area contributed by atoms with Crippen molar-refractivity contribution in [3.63, 3.8) is 0 Å². The first-order valence-electron chi connectivity index (χ1n) is 11.9. The highest BCUT2D eigenvalue weighted by molar-refractivity contribution is 5.95. The Morgan fingerprint density at radius 3 is 2.37 bits per heavy atom. The van der Waals surface area contributed by atoms with E-state index in [1.165, 1.54) is 7.11 Å². The van der Waals surface area contributed by atoms with Crippen molar-refractivity contribution >= 4 is 18.1 Å². The summed E-state index contributed by atoms with van der Waals surface area (Å²) in [5, 5.41) is 8.56. The predicted octanol–water partition coefficient (Wildman–Crippen LogP) is 2.86. The number of esters is 1. The molecule has 3 amide bonds. The lowest BCUT2D eigenvalue weighted by Gasteiger charge is -2.35. The van der Waals surface area contributed by atoms with E-state index in [-0.39, 0.29) is 12.1 Å². The van der Waals surface area contributed by atoms with Gasteiger partial charge in [-0.3, -0.25) is 4.90 Å². The Morgan fingerprint density at radius 2 is 1.80 bits per heavy atom. The highest BCUT2D eigenvalue weighted by Crippen LogP contribution is 2.29. The maximum atomic E-state index is 12.8. The third-order valence-corrected chi connectivity index (χ3v) is 5.77. The Hall–Kier alpha value is -3.27. The molecule has 10 nitrogen and oxygen atoms in total. The van der Waals surface area contributed by atoms with Gasteiger partial charge in [0.05, 0.1) is 25.3 Å². The molecule has 35 heavy (non-hydrogen) atoms. The van der Waals surface area contributed by atoms with E-state index < -0.39 is 23.7 Å². The Balaban J connectivity index is 1.72. The second-order valence-corrected chi connectivity index (χ2v) is 9.61. The van der Waals surface area contributed by atoms with Crippen LogP contribution in [-0.4, -0.2) is 68.0 Å². The summed E-state index contributed by atoms with van der Waals surface area (Å²) < 4.78 is 15.9. The zero-order valence-corrected chi connectivity index (χ0v) is 21.1. The molecule has 192 valence electrons.